The van der Waals surface area contributed by atoms with Gasteiger partial charge in [-0.1, -0.05) is 121 Å². The molecule has 4 aromatic heterocycles. The predicted molar refractivity (Wildman–Crippen MR) is 259 cm³/mol. The molecule has 8 aromatic carbocycles. The monoisotopic (exact) mass is 795 g/mol. The van der Waals surface area contributed by atoms with Crippen LogP contribution in [0.1, 0.15) is 16.7 Å². The van der Waals surface area contributed by atoms with E-state index < -0.39 is 0 Å². The van der Waals surface area contributed by atoms with Crippen molar-refractivity contribution in [3.05, 3.63) is 205 Å². The fourth-order valence-corrected chi connectivity index (χ4v) is 9.99. The Labute approximate surface area is 359 Å². The number of hydrogen-bond acceptors (Lipinski definition) is 2. The van der Waals surface area contributed by atoms with Crippen LogP contribution in [0, 0.1) is 20.8 Å². The standard InChI is InChI=1S/C57H41N5/c1-35-29-36(2)54(37(3)30-35)40-25-27-49-46(31-40)47-32-41(38-15-6-4-7-16-38)33-48(55(47)59-49)57-60-56-43(20-14-22-51(56)61(57)42-17-8-5-9-18-42)39-24-26-45-44-19-10-11-21-50(44)62(52(45)34-39)53-23-12-13-28-58-53/h4-34,59H,1-3H3. The van der Waals surface area contributed by atoms with Crippen LogP contribution in [0.5, 0.6) is 0 Å². The molecule has 0 aliphatic carbocycles. The van der Waals surface area contributed by atoms with Gasteiger partial charge in [0.2, 0.25) is 0 Å². The second-order valence-corrected chi connectivity index (χ2v) is 16.5. The third-order valence-corrected chi connectivity index (χ3v) is 12.6. The summed E-state index contributed by atoms with van der Waals surface area (Å²) in [4.78, 5) is 14.4. The highest BCUT2D eigenvalue weighted by molar-refractivity contribution is 6.15. The van der Waals surface area contributed by atoms with E-state index in [0.29, 0.717) is 0 Å². The maximum absolute atomic E-state index is 5.71. The van der Waals surface area contributed by atoms with Crippen LogP contribution in [0.3, 0.4) is 0 Å². The van der Waals surface area contributed by atoms with Crippen LogP contribution in [0.2, 0.25) is 0 Å². The molecule has 12 rings (SSSR count). The van der Waals surface area contributed by atoms with Gasteiger partial charge in [0.25, 0.3) is 0 Å². The van der Waals surface area contributed by atoms with Gasteiger partial charge in [-0.25, -0.2) is 9.97 Å². The number of nitrogens with one attached hydrogen (secondary N) is 1. The van der Waals surface area contributed by atoms with Crippen LogP contribution in [-0.4, -0.2) is 24.1 Å². The number of hydrogen-bond donors (Lipinski definition) is 1. The number of rotatable bonds is 6. The molecule has 294 valence electrons. The summed E-state index contributed by atoms with van der Waals surface area (Å²) in [7, 11) is 0. The van der Waals surface area contributed by atoms with Crippen molar-refractivity contribution in [2.45, 2.75) is 20.8 Å². The van der Waals surface area contributed by atoms with Gasteiger partial charge in [-0.2, -0.15) is 0 Å². The molecular weight excluding hydrogens is 755 g/mol. The highest BCUT2D eigenvalue weighted by Crippen LogP contribution is 2.43. The first kappa shape index (κ1) is 35.9. The van der Waals surface area contributed by atoms with Crippen molar-refractivity contribution in [2.24, 2.45) is 0 Å². The number of para-hydroxylation sites is 3. The Morgan fingerprint density at radius 1 is 0.452 bits per heavy atom. The topological polar surface area (TPSA) is 51.4 Å². The number of benzene rings is 8. The normalized spacial score (nSPS) is 11.8. The summed E-state index contributed by atoms with van der Waals surface area (Å²) >= 11 is 0. The molecule has 0 saturated carbocycles. The van der Waals surface area contributed by atoms with E-state index in [2.05, 4.69) is 205 Å². The number of aryl methyl sites for hydroxylation is 3. The molecule has 5 nitrogen and oxygen atoms in total. The largest absolute Gasteiger partial charge is 0.354 e. The minimum Gasteiger partial charge on any atom is -0.354 e. The SMILES string of the molecule is Cc1cc(C)c(-c2ccc3[nH]c4c(-c5nc6c(-c7ccc8c9ccccc9n(-c9ccccn9)c8c7)cccc6n5-c5ccccc5)cc(-c5ccccc5)cc4c3c2)c(C)c1. The molecule has 0 fully saturated rings. The maximum Gasteiger partial charge on any atom is 0.147 e. The first-order chi connectivity index (χ1) is 30.5. The molecule has 1 N–H and O–H groups in total. The summed E-state index contributed by atoms with van der Waals surface area (Å²) in [5.41, 5.74) is 19.3. The number of pyridine rings is 1. The van der Waals surface area contributed by atoms with E-state index in [4.69, 9.17) is 9.97 Å². The average molecular weight is 796 g/mol. The summed E-state index contributed by atoms with van der Waals surface area (Å²) in [5, 5.41) is 4.74. The third-order valence-electron chi connectivity index (χ3n) is 12.6. The molecule has 0 unspecified atom stereocenters. The Hall–Kier alpha value is -8.02. The first-order valence-corrected chi connectivity index (χ1v) is 21.2. The summed E-state index contributed by atoms with van der Waals surface area (Å²) in [5.74, 6) is 1.77. The first-order valence-electron chi connectivity index (χ1n) is 21.2. The van der Waals surface area contributed by atoms with Crippen LogP contribution in [0.15, 0.2) is 188 Å². The average Bonchev–Trinajstić information content (AvgIpc) is 3.99. The summed E-state index contributed by atoms with van der Waals surface area (Å²) in [6.07, 6.45) is 1.86. The third kappa shape index (κ3) is 5.62. The summed E-state index contributed by atoms with van der Waals surface area (Å²) in [6, 6.07) is 65.5. The van der Waals surface area contributed by atoms with E-state index >= 15 is 0 Å². The number of aromatic amines is 1. The van der Waals surface area contributed by atoms with Gasteiger partial charge in [0, 0.05) is 50.1 Å². The Morgan fingerprint density at radius 2 is 1.16 bits per heavy atom. The number of imidazole rings is 1. The quantitative estimate of drug-likeness (QED) is 0.182. The van der Waals surface area contributed by atoms with Gasteiger partial charge in [0.15, 0.2) is 0 Å². The fourth-order valence-electron chi connectivity index (χ4n) is 9.99. The summed E-state index contributed by atoms with van der Waals surface area (Å²) in [6.45, 7) is 6.62. The molecule has 0 aliphatic rings. The van der Waals surface area contributed by atoms with Gasteiger partial charge in [-0.15, -0.1) is 0 Å². The molecule has 0 atom stereocenters. The van der Waals surface area contributed by atoms with E-state index in [1.165, 1.54) is 49.4 Å². The Bertz CT molecular complexity index is 3680. The zero-order valence-corrected chi connectivity index (χ0v) is 34.7. The molecule has 5 heteroatoms. The van der Waals surface area contributed by atoms with Gasteiger partial charge in [-0.05, 0) is 126 Å². The minimum absolute atomic E-state index is 0.877. The van der Waals surface area contributed by atoms with E-state index in [1.807, 2.05) is 18.3 Å². The van der Waals surface area contributed by atoms with E-state index in [-0.39, 0.29) is 0 Å². The molecular formula is C57H41N5. The van der Waals surface area contributed by atoms with E-state index in [1.54, 1.807) is 0 Å². The lowest BCUT2D eigenvalue weighted by molar-refractivity contribution is 1.08. The van der Waals surface area contributed by atoms with Crippen LogP contribution < -0.4 is 0 Å². The van der Waals surface area contributed by atoms with Gasteiger partial charge < -0.3 is 4.98 Å². The van der Waals surface area contributed by atoms with Crippen LogP contribution in [0.4, 0.5) is 0 Å². The van der Waals surface area contributed by atoms with E-state index in [0.717, 1.165) is 78.2 Å². The predicted octanol–water partition coefficient (Wildman–Crippen LogP) is 14.7. The molecule has 0 bridgehead atoms. The molecule has 4 heterocycles. The summed E-state index contributed by atoms with van der Waals surface area (Å²) < 4.78 is 4.61. The lowest BCUT2D eigenvalue weighted by Crippen LogP contribution is -1.98. The zero-order chi connectivity index (χ0) is 41.5. The van der Waals surface area contributed by atoms with Crippen LogP contribution >= 0.6 is 0 Å². The van der Waals surface area contributed by atoms with E-state index in [9.17, 15) is 0 Å². The lowest BCUT2D eigenvalue weighted by atomic mass is 9.92. The second kappa shape index (κ2) is 14.0. The maximum atomic E-state index is 5.71. The van der Waals surface area contributed by atoms with Crippen molar-refractivity contribution in [3.8, 4) is 56.3 Å². The number of nitrogens with zero attached hydrogens (tertiary/aromatic N) is 4. The molecule has 0 radical (unpaired) electrons. The van der Waals surface area contributed by atoms with Crippen molar-refractivity contribution < 1.29 is 0 Å². The molecule has 0 spiro atoms. The smallest absolute Gasteiger partial charge is 0.147 e. The van der Waals surface area contributed by atoms with Gasteiger partial charge in [0.1, 0.15) is 11.6 Å². The number of aromatic nitrogens is 5. The second-order valence-electron chi connectivity index (χ2n) is 16.5. The highest BCUT2D eigenvalue weighted by Gasteiger charge is 2.23. The van der Waals surface area contributed by atoms with Crippen LogP contribution in [0.25, 0.3) is 111 Å². The molecule has 62 heavy (non-hydrogen) atoms. The Morgan fingerprint density at radius 3 is 1.97 bits per heavy atom. The molecule has 0 amide bonds. The number of H-pyrrole nitrogens is 1. The van der Waals surface area contributed by atoms with Crippen molar-refractivity contribution in [2.75, 3.05) is 0 Å². The zero-order valence-electron chi connectivity index (χ0n) is 34.7. The van der Waals surface area contributed by atoms with Gasteiger partial charge in [-0.3, -0.25) is 9.13 Å². The van der Waals surface area contributed by atoms with Crippen molar-refractivity contribution in [3.63, 3.8) is 0 Å². The van der Waals surface area contributed by atoms with Crippen molar-refractivity contribution in [1.82, 2.24) is 24.1 Å². The van der Waals surface area contributed by atoms with Crippen molar-refractivity contribution in [1.29, 1.82) is 0 Å². The Balaban J connectivity index is 1.13. The van der Waals surface area contributed by atoms with Crippen LogP contribution in [-0.2, 0) is 0 Å². The minimum atomic E-state index is 0.877. The Kier molecular flexibility index (Phi) is 8.12. The number of fused-ring (bicyclic) bond motifs is 7. The lowest BCUT2D eigenvalue weighted by Gasteiger charge is -2.13. The van der Waals surface area contributed by atoms with Gasteiger partial charge in [0.05, 0.1) is 27.6 Å². The molecule has 0 aliphatic heterocycles. The van der Waals surface area contributed by atoms with Crippen molar-refractivity contribution >= 4 is 54.6 Å². The fraction of sp³-hybridized carbons (Fsp3) is 0.0526. The molecule has 0 saturated heterocycles. The highest BCUT2D eigenvalue weighted by atomic mass is 15.1. The van der Waals surface area contributed by atoms with Gasteiger partial charge >= 0.3 is 0 Å². The molecule has 12 aromatic rings.